The van der Waals surface area contributed by atoms with Crippen LogP contribution >= 0.6 is 11.6 Å². The maximum absolute atomic E-state index is 13.9. The molecule has 4 aromatic rings. The van der Waals surface area contributed by atoms with Crippen LogP contribution in [0.3, 0.4) is 0 Å². The molecule has 3 N–H and O–H groups in total. The Morgan fingerprint density at radius 1 is 0.925 bits per heavy atom. The molecule has 3 atom stereocenters. The minimum Gasteiger partial charge on any atom is -0.497 e. The van der Waals surface area contributed by atoms with Crippen LogP contribution in [0.5, 0.6) is 5.75 Å². The molecule has 2 fully saturated rings. The van der Waals surface area contributed by atoms with Crippen molar-refractivity contribution in [2.75, 3.05) is 20.2 Å². The number of fused-ring (bicyclic) bond motifs is 4. The van der Waals surface area contributed by atoms with Gasteiger partial charge in [-0.25, -0.2) is 0 Å². The summed E-state index contributed by atoms with van der Waals surface area (Å²) in [5, 5.41) is 5.36. The predicted molar refractivity (Wildman–Crippen MR) is 154 cm³/mol. The van der Waals surface area contributed by atoms with Gasteiger partial charge in [0, 0.05) is 46.0 Å². The van der Waals surface area contributed by atoms with Gasteiger partial charge in [-0.3, -0.25) is 14.4 Å². The van der Waals surface area contributed by atoms with Crippen molar-refractivity contribution in [3.8, 4) is 5.75 Å². The van der Waals surface area contributed by atoms with E-state index in [1.807, 2.05) is 60.9 Å². The van der Waals surface area contributed by atoms with E-state index in [0.29, 0.717) is 29.5 Å². The van der Waals surface area contributed by atoms with Crippen molar-refractivity contribution >= 4 is 51.1 Å². The number of amides is 3. The highest BCUT2D eigenvalue weighted by atomic mass is 35.5. The van der Waals surface area contributed by atoms with Crippen LogP contribution < -0.4 is 10.1 Å². The number of hydrogen-bond donors (Lipinski definition) is 3. The molecular formula is C30H32ClN5O4. The van der Waals surface area contributed by atoms with Crippen LogP contribution in [0.2, 0.25) is 5.02 Å². The quantitative estimate of drug-likeness (QED) is 0.331. The Balaban J connectivity index is 1.16. The minimum atomic E-state index is -0.734. The van der Waals surface area contributed by atoms with Crippen LogP contribution in [0.25, 0.3) is 21.8 Å². The van der Waals surface area contributed by atoms with Gasteiger partial charge in [0.25, 0.3) is 11.8 Å². The Kier molecular flexibility index (Phi) is 6.29. The summed E-state index contributed by atoms with van der Waals surface area (Å²) in [5.41, 5.74) is 1.96. The zero-order valence-electron chi connectivity index (χ0n) is 22.9. The first-order valence-electron chi connectivity index (χ1n) is 13.4. The Morgan fingerprint density at radius 3 is 2.23 bits per heavy atom. The second-order valence-electron chi connectivity index (χ2n) is 11.8. The zero-order chi connectivity index (χ0) is 28.3. The number of nitrogens with one attached hydrogen (secondary N) is 3. The SMILES string of the molecule is COc1ccc2cc(C(=O)N3C[C@@H]4C[C@H]3CN4C(=O)[C@@H](NC(=O)c3cc4ccc(Cl)cc4[nH]3)C(C)(C)C)[nH]c2c1. The molecule has 10 heteroatoms. The van der Waals surface area contributed by atoms with Gasteiger partial charge in [0.15, 0.2) is 0 Å². The molecule has 208 valence electrons. The van der Waals surface area contributed by atoms with Crippen LogP contribution in [0, 0.1) is 5.41 Å². The highest BCUT2D eigenvalue weighted by Gasteiger charge is 2.50. The monoisotopic (exact) mass is 561 g/mol. The number of piperazine rings is 1. The van der Waals surface area contributed by atoms with Crippen molar-refractivity contribution in [1.82, 2.24) is 25.1 Å². The zero-order valence-corrected chi connectivity index (χ0v) is 23.6. The fourth-order valence-electron chi connectivity index (χ4n) is 5.93. The molecule has 2 saturated heterocycles. The first-order valence-corrected chi connectivity index (χ1v) is 13.8. The van der Waals surface area contributed by atoms with Crippen molar-refractivity contribution in [3.63, 3.8) is 0 Å². The highest BCUT2D eigenvalue weighted by molar-refractivity contribution is 6.31. The van der Waals surface area contributed by atoms with Crippen LogP contribution in [0.4, 0.5) is 0 Å². The van der Waals surface area contributed by atoms with Gasteiger partial charge in [-0.2, -0.15) is 0 Å². The molecule has 6 rings (SSSR count). The van der Waals surface area contributed by atoms with E-state index in [2.05, 4.69) is 15.3 Å². The van der Waals surface area contributed by atoms with E-state index >= 15 is 0 Å². The van der Waals surface area contributed by atoms with Crippen molar-refractivity contribution in [2.24, 2.45) is 5.41 Å². The maximum Gasteiger partial charge on any atom is 0.270 e. The molecule has 0 radical (unpaired) electrons. The van der Waals surface area contributed by atoms with Crippen LogP contribution in [0.1, 0.15) is 48.2 Å². The fourth-order valence-corrected chi connectivity index (χ4v) is 6.11. The van der Waals surface area contributed by atoms with E-state index in [1.165, 1.54) is 0 Å². The van der Waals surface area contributed by atoms with Gasteiger partial charge in [0.05, 0.1) is 19.2 Å². The van der Waals surface area contributed by atoms with Gasteiger partial charge >= 0.3 is 0 Å². The number of methoxy groups -OCH3 is 1. The number of ether oxygens (including phenoxy) is 1. The third kappa shape index (κ3) is 4.58. The van der Waals surface area contributed by atoms with Gasteiger partial charge in [-0.05, 0) is 48.2 Å². The van der Waals surface area contributed by atoms with Gasteiger partial charge in [0.1, 0.15) is 23.2 Å². The molecule has 40 heavy (non-hydrogen) atoms. The number of carbonyl (C=O) groups excluding carboxylic acids is 3. The van der Waals surface area contributed by atoms with E-state index in [4.69, 9.17) is 16.3 Å². The van der Waals surface area contributed by atoms with E-state index in [1.54, 1.807) is 25.3 Å². The predicted octanol–water partition coefficient (Wildman–Crippen LogP) is 4.58. The number of carbonyl (C=O) groups is 3. The largest absolute Gasteiger partial charge is 0.497 e. The fraction of sp³-hybridized carbons (Fsp3) is 0.367. The van der Waals surface area contributed by atoms with Crippen LogP contribution in [0.15, 0.2) is 48.5 Å². The second-order valence-corrected chi connectivity index (χ2v) is 12.3. The summed E-state index contributed by atoms with van der Waals surface area (Å²) in [6, 6.07) is 13.7. The lowest BCUT2D eigenvalue weighted by Crippen LogP contribution is -2.59. The molecule has 2 aliphatic rings. The molecule has 0 aliphatic carbocycles. The van der Waals surface area contributed by atoms with Gasteiger partial charge < -0.3 is 29.8 Å². The molecule has 4 heterocycles. The van der Waals surface area contributed by atoms with Gasteiger partial charge in [-0.15, -0.1) is 0 Å². The van der Waals surface area contributed by atoms with Gasteiger partial charge in [-0.1, -0.05) is 38.4 Å². The van der Waals surface area contributed by atoms with E-state index in [0.717, 1.165) is 34.0 Å². The third-order valence-electron chi connectivity index (χ3n) is 8.06. The first kappa shape index (κ1) is 26.3. The molecule has 2 aliphatic heterocycles. The molecule has 3 amide bonds. The number of hydrogen-bond acceptors (Lipinski definition) is 4. The van der Waals surface area contributed by atoms with Crippen LogP contribution in [-0.4, -0.2) is 75.8 Å². The number of aromatic amines is 2. The average Bonchev–Trinajstić information content (AvgIpc) is 3.71. The Labute approximate surface area is 236 Å². The minimum absolute atomic E-state index is 0.0721. The number of H-pyrrole nitrogens is 2. The Hall–Kier alpha value is -3.98. The molecule has 0 spiro atoms. The van der Waals surface area contributed by atoms with Crippen molar-refractivity contribution in [1.29, 1.82) is 0 Å². The molecule has 0 saturated carbocycles. The molecule has 2 aromatic carbocycles. The summed E-state index contributed by atoms with van der Waals surface area (Å²) in [7, 11) is 1.61. The van der Waals surface area contributed by atoms with Crippen LogP contribution in [-0.2, 0) is 4.79 Å². The van der Waals surface area contributed by atoms with E-state index in [9.17, 15) is 14.4 Å². The summed E-state index contributed by atoms with van der Waals surface area (Å²) in [6.45, 7) is 6.72. The smallest absolute Gasteiger partial charge is 0.270 e. The summed E-state index contributed by atoms with van der Waals surface area (Å²) < 4.78 is 5.29. The second kappa shape index (κ2) is 9.59. The summed E-state index contributed by atoms with van der Waals surface area (Å²) in [6.07, 6.45) is 0.721. The Bertz CT molecular complexity index is 1650. The average molecular weight is 562 g/mol. The number of aromatic nitrogens is 2. The molecule has 9 nitrogen and oxygen atoms in total. The van der Waals surface area contributed by atoms with Crippen molar-refractivity contribution in [3.05, 3.63) is 64.9 Å². The molecule has 0 unspecified atom stereocenters. The summed E-state index contributed by atoms with van der Waals surface area (Å²) >= 11 is 6.09. The highest BCUT2D eigenvalue weighted by Crippen LogP contribution is 2.35. The lowest BCUT2D eigenvalue weighted by molar-refractivity contribution is -0.138. The molecular weight excluding hydrogens is 530 g/mol. The third-order valence-corrected chi connectivity index (χ3v) is 8.30. The van der Waals surface area contributed by atoms with E-state index < -0.39 is 11.5 Å². The number of likely N-dealkylation sites (tertiary alicyclic amines) is 2. The lowest BCUT2D eigenvalue weighted by Gasteiger charge is -2.39. The standard InChI is InChI=1S/C30H32ClN5O4/c1-30(2,3)26(34-27(37)24-9-16-5-7-18(31)11-22(16)32-24)29(39)36-15-19-12-20(36)14-35(19)28(38)25-10-17-6-8-21(40-4)13-23(17)33-25/h5-11,13,19-20,26,32-33H,12,14-15H2,1-4H3,(H,34,37)/t19-,20-,26+/m0/s1. The Morgan fingerprint density at radius 2 is 1.55 bits per heavy atom. The summed E-state index contributed by atoms with van der Waals surface area (Å²) in [4.78, 5) is 50.5. The lowest BCUT2D eigenvalue weighted by atomic mass is 9.85. The number of rotatable bonds is 5. The van der Waals surface area contributed by atoms with Crippen molar-refractivity contribution < 1.29 is 19.1 Å². The van der Waals surface area contributed by atoms with E-state index in [-0.39, 0.29) is 29.8 Å². The van der Waals surface area contributed by atoms with Crippen molar-refractivity contribution in [2.45, 2.75) is 45.3 Å². The molecule has 2 aromatic heterocycles. The number of nitrogens with zero attached hydrogens (tertiary/aromatic N) is 2. The first-order chi connectivity index (χ1) is 19.0. The number of halogens is 1. The topological polar surface area (TPSA) is 111 Å². The number of benzene rings is 2. The maximum atomic E-state index is 13.9. The normalized spacial score (nSPS) is 19.4. The van der Waals surface area contributed by atoms with Gasteiger partial charge in [0.2, 0.25) is 5.91 Å². The molecule has 2 bridgehead atoms. The summed E-state index contributed by atoms with van der Waals surface area (Å²) in [5.74, 6) is 0.168.